The van der Waals surface area contributed by atoms with E-state index in [2.05, 4.69) is 35.3 Å². The number of amides is 2. The van der Waals surface area contributed by atoms with Crippen molar-refractivity contribution in [2.24, 2.45) is 0 Å². The van der Waals surface area contributed by atoms with Crippen LogP contribution in [0.15, 0.2) is 53.4 Å². The Kier molecular flexibility index (Phi) is 6.44. The van der Waals surface area contributed by atoms with Crippen molar-refractivity contribution in [3.63, 3.8) is 0 Å². The Balaban J connectivity index is 1.59. The molecule has 1 fully saturated rings. The summed E-state index contributed by atoms with van der Waals surface area (Å²) >= 11 is 0. The van der Waals surface area contributed by atoms with Gasteiger partial charge in [0.15, 0.2) is 0 Å². The van der Waals surface area contributed by atoms with Crippen molar-refractivity contribution in [1.29, 1.82) is 0 Å². The Morgan fingerprint density at radius 1 is 1.03 bits per heavy atom. The van der Waals surface area contributed by atoms with E-state index in [1.165, 1.54) is 29.7 Å². The van der Waals surface area contributed by atoms with Crippen molar-refractivity contribution in [2.45, 2.75) is 18.4 Å². The molecule has 29 heavy (non-hydrogen) atoms. The van der Waals surface area contributed by atoms with Gasteiger partial charge in [-0.15, -0.1) is 0 Å². The number of aryl methyl sites for hydroxylation is 1. The molecule has 2 aromatic rings. The predicted octanol–water partition coefficient (Wildman–Crippen LogP) is 2.28. The molecular weight excluding hydrogens is 388 g/mol. The number of anilines is 1. The molecule has 3 rings (SSSR count). The van der Waals surface area contributed by atoms with Crippen LogP contribution < -0.4 is 10.2 Å². The molecule has 0 atom stereocenters. The fraction of sp³-hybridized carbons (Fsp3) is 0.381. The summed E-state index contributed by atoms with van der Waals surface area (Å²) in [5.74, 6) is 0. The topological polar surface area (TPSA) is 73.0 Å². The van der Waals surface area contributed by atoms with Crippen LogP contribution in [0.1, 0.15) is 11.1 Å². The van der Waals surface area contributed by atoms with Gasteiger partial charge in [-0.1, -0.05) is 30.3 Å². The van der Waals surface area contributed by atoms with E-state index in [0.717, 1.165) is 13.1 Å². The summed E-state index contributed by atoms with van der Waals surface area (Å²) in [7, 11) is -0.563. The summed E-state index contributed by atoms with van der Waals surface area (Å²) in [5, 5.41) is 2.87. The number of carbonyl (C=O) groups is 1. The number of hydrogen-bond acceptors (Lipinski definition) is 4. The van der Waals surface area contributed by atoms with Crippen LogP contribution >= 0.6 is 0 Å². The third-order valence-electron chi connectivity index (χ3n) is 5.09. The summed E-state index contributed by atoms with van der Waals surface area (Å²) < 4.78 is 26.2. The third kappa shape index (κ3) is 4.89. The fourth-order valence-electron chi connectivity index (χ4n) is 3.37. The summed E-state index contributed by atoms with van der Waals surface area (Å²) in [6.07, 6.45) is 0. The molecule has 0 radical (unpaired) electrons. The van der Waals surface area contributed by atoms with Crippen LogP contribution in [0.2, 0.25) is 0 Å². The summed E-state index contributed by atoms with van der Waals surface area (Å²) in [6.45, 7) is 5.02. The molecule has 2 amide bonds. The van der Waals surface area contributed by atoms with Gasteiger partial charge in [0, 0.05) is 52.5 Å². The van der Waals surface area contributed by atoms with Gasteiger partial charge in [-0.05, 0) is 36.2 Å². The first-order valence-corrected chi connectivity index (χ1v) is 11.1. The molecule has 156 valence electrons. The molecule has 1 aliphatic rings. The van der Waals surface area contributed by atoms with Gasteiger partial charge in [-0.25, -0.2) is 17.5 Å². The van der Waals surface area contributed by atoms with Crippen LogP contribution in [0.5, 0.6) is 0 Å². The molecule has 1 aliphatic heterocycles. The van der Waals surface area contributed by atoms with E-state index in [4.69, 9.17) is 0 Å². The average Bonchev–Trinajstić information content (AvgIpc) is 2.72. The molecular formula is C21H28N4O3S. The number of carbonyl (C=O) groups excluding carboxylic acids is 1. The lowest BCUT2D eigenvalue weighted by molar-refractivity contribution is 0.194. The number of benzene rings is 2. The highest BCUT2D eigenvalue weighted by molar-refractivity contribution is 7.89. The van der Waals surface area contributed by atoms with Gasteiger partial charge >= 0.3 is 6.03 Å². The van der Waals surface area contributed by atoms with E-state index >= 15 is 0 Å². The van der Waals surface area contributed by atoms with Crippen LogP contribution in [0.25, 0.3) is 0 Å². The zero-order valence-electron chi connectivity index (χ0n) is 17.1. The van der Waals surface area contributed by atoms with Gasteiger partial charge in [0.1, 0.15) is 0 Å². The van der Waals surface area contributed by atoms with Crippen molar-refractivity contribution in [3.8, 4) is 0 Å². The zero-order valence-corrected chi connectivity index (χ0v) is 17.9. The first-order valence-electron chi connectivity index (χ1n) is 9.64. The number of urea groups is 1. The second-order valence-electron chi connectivity index (χ2n) is 7.37. The molecule has 1 N–H and O–H groups in total. The maximum absolute atomic E-state index is 12.6. The van der Waals surface area contributed by atoms with E-state index in [1.807, 2.05) is 6.07 Å². The van der Waals surface area contributed by atoms with Crippen LogP contribution in [-0.2, 0) is 16.6 Å². The molecule has 7 nitrogen and oxygen atoms in total. The minimum Gasteiger partial charge on any atom is -0.368 e. The Hall–Kier alpha value is -2.58. The van der Waals surface area contributed by atoms with Crippen LogP contribution in [0, 0.1) is 6.92 Å². The first-order chi connectivity index (χ1) is 13.8. The van der Waals surface area contributed by atoms with Gasteiger partial charge in [0.25, 0.3) is 0 Å². The van der Waals surface area contributed by atoms with Crippen LogP contribution in [0.4, 0.5) is 10.5 Å². The van der Waals surface area contributed by atoms with Gasteiger partial charge in [-0.2, -0.15) is 0 Å². The van der Waals surface area contributed by atoms with Crippen molar-refractivity contribution >= 4 is 21.7 Å². The second kappa shape index (κ2) is 8.84. The highest BCUT2D eigenvalue weighted by Gasteiger charge is 2.23. The smallest absolute Gasteiger partial charge is 0.317 e. The van der Waals surface area contributed by atoms with Crippen molar-refractivity contribution in [3.05, 3.63) is 59.7 Å². The largest absolute Gasteiger partial charge is 0.368 e. The molecule has 0 bridgehead atoms. The van der Waals surface area contributed by atoms with E-state index in [0.29, 0.717) is 18.7 Å². The number of nitrogens with one attached hydrogen (secondary N) is 1. The van der Waals surface area contributed by atoms with Crippen molar-refractivity contribution in [2.75, 3.05) is 45.2 Å². The Bertz CT molecular complexity index is 967. The Labute approximate surface area is 173 Å². The summed E-state index contributed by atoms with van der Waals surface area (Å²) in [6, 6.07) is 14.9. The zero-order chi connectivity index (χ0) is 21.0. The van der Waals surface area contributed by atoms with Crippen molar-refractivity contribution in [1.82, 2.24) is 14.5 Å². The number of piperazine rings is 1. The van der Waals surface area contributed by atoms with E-state index in [9.17, 15) is 13.2 Å². The fourth-order valence-corrected chi connectivity index (χ4v) is 4.49. The van der Waals surface area contributed by atoms with Gasteiger partial charge in [0.2, 0.25) is 10.0 Å². The van der Waals surface area contributed by atoms with E-state index in [-0.39, 0.29) is 17.5 Å². The SMILES string of the molecule is Cc1cccc(N2CCN(C(=O)NCc3ccccc3S(=O)(=O)N(C)C)CC2)c1. The minimum atomic E-state index is -3.56. The lowest BCUT2D eigenvalue weighted by Crippen LogP contribution is -2.51. The van der Waals surface area contributed by atoms with E-state index < -0.39 is 10.0 Å². The maximum Gasteiger partial charge on any atom is 0.317 e. The number of rotatable bonds is 5. The lowest BCUT2D eigenvalue weighted by atomic mass is 10.2. The molecule has 8 heteroatoms. The molecule has 1 saturated heterocycles. The average molecular weight is 417 g/mol. The highest BCUT2D eigenvalue weighted by Crippen LogP contribution is 2.19. The Morgan fingerprint density at radius 3 is 2.38 bits per heavy atom. The van der Waals surface area contributed by atoms with Crippen LogP contribution in [-0.4, -0.2) is 63.9 Å². The maximum atomic E-state index is 12.6. The molecule has 1 heterocycles. The lowest BCUT2D eigenvalue weighted by Gasteiger charge is -2.36. The monoisotopic (exact) mass is 416 g/mol. The molecule has 2 aromatic carbocycles. The van der Waals surface area contributed by atoms with Crippen molar-refractivity contribution < 1.29 is 13.2 Å². The summed E-state index contributed by atoms with van der Waals surface area (Å²) in [5.41, 5.74) is 2.97. The Morgan fingerprint density at radius 2 is 1.72 bits per heavy atom. The highest BCUT2D eigenvalue weighted by atomic mass is 32.2. The van der Waals surface area contributed by atoms with Crippen LogP contribution in [0.3, 0.4) is 0 Å². The number of sulfonamides is 1. The molecule has 0 aromatic heterocycles. The third-order valence-corrected chi connectivity index (χ3v) is 7.01. The molecule has 0 aliphatic carbocycles. The minimum absolute atomic E-state index is 0.167. The van der Waals surface area contributed by atoms with Gasteiger partial charge < -0.3 is 15.1 Å². The molecule has 0 spiro atoms. The predicted molar refractivity (Wildman–Crippen MR) is 115 cm³/mol. The molecule has 0 unspecified atom stereocenters. The molecule has 0 saturated carbocycles. The number of hydrogen-bond donors (Lipinski definition) is 1. The number of nitrogens with zero attached hydrogens (tertiary/aromatic N) is 3. The van der Waals surface area contributed by atoms with Gasteiger partial charge in [0.05, 0.1) is 4.90 Å². The standard InChI is InChI=1S/C21H28N4O3S/c1-17-7-6-9-19(15-17)24-11-13-25(14-12-24)21(26)22-16-18-8-4-5-10-20(18)29(27,28)23(2)3/h4-10,15H,11-14,16H2,1-3H3,(H,22,26). The first kappa shape index (κ1) is 21.1. The second-order valence-corrected chi connectivity index (χ2v) is 9.49. The van der Waals surface area contributed by atoms with E-state index in [1.54, 1.807) is 29.2 Å². The summed E-state index contributed by atoms with van der Waals surface area (Å²) in [4.78, 5) is 16.9. The van der Waals surface area contributed by atoms with Gasteiger partial charge in [-0.3, -0.25) is 0 Å². The quantitative estimate of drug-likeness (QED) is 0.812. The normalized spacial score (nSPS) is 14.9.